The Kier molecular flexibility index (Phi) is 7.43. The van der Waals surface area contributed by atoms with Gasteiger partial charge in [0.25, 0.3) is 0 Å². The number of hydrogen-bond acceptors (Lipinski definition) is 3. The number of amides is 1. The summed E-state index contributed by atoms with van der Waals surface area (Å²) in [6.45, 7) is 0.534. The van der Waals surface area contributed by atoms with E-state index in [0.29, 0.717) is 35.9 Å². The van der Waals surface area contributed by atoms with E-state index in [4.69, 9.17) is 21.1 Å². The van der Waals surface area contributed by atoms with Gasteiger partial charge in [0.05, 0.1) is 14.2 Å². The van der Waals surface area contributed by atoms with Crippen molar-refractivity contribution in [1.82, 2.24) is 9.88 Å². The van der Waals surface area contributed by atoms with Crippen LogP contribution in [0.3, 0.4) is 0 Å². The number of halogens is 1. The van der Waals surface area contributed by atoms with Crippen molar-refractivity contribution in [1.29, 1.82) is 0 Å². The highest BCUT2D eigenvalue weighted by Crippen LogP contribution is 2.35. The third kappa shape index (κ3) is 5.20. The maximum Gasteiger partial charge on any atom is 0.220 e. The number of methoxy groups -OCH3 is 2. The first-order valence-corrected chi connectivity index (χ1v) is 11.6. The molecule has 6 heteroatoms. The molecule has 0 bridgehead atoms. The molecule has 5 nitrogen and oxygen atoms in total. The van der Waals surface area contributed by atoms with Crippen LogP contribution in [0, 0.1) is 0 Å². The molecule has 1 heterocycles. The molecule has 1 aromatic heterocycles. The van der Waals surface area contributed by atoms with Crippen molar-refractivity contribution in [2.45, 2.75) is 18.8 Å². The van der Waals surface area contributed by atoms with Crippen LogP contribution < -0.4 is 14.8 Å². The molecule has 3 aromatic carbocycles. The molecule has 0 saturated carbocycles. The molecule has 4 aromatic rings. The highest BCUT2D eigenvalue weighted by atomic mass is 35.5. The topological polar surface area (TPSA) is 52.5 Å². The summed E-state index contributed by atoms with van der Waals surface area (Å²) in [7, 11) is 5.26. The lowest BCUT2D eigenvalue weighted by molar-refractivity contribution is -0.121. The van der Waals surface area contributed by atoms with E-state index in [1.165, 1.54) is 0 Å². The Hall–Kier alpha value is -3.44. The summed E-state index contributed by atoms with van der Waals surface area (Å²) in [6.07, 6.45) is 3.15. The minimum Gasteiger partial charge on any atom is -0.493 e. The minimum atomic E-state index is -0.106. The van der Waals surface area contributed by atoms with Crippen LogP contribution in [0.4, 0.5) is 0 Å². The molecule has 1 N–H and O–H groups in total. The summed E-state index contributed by atoms with van der Waals surface area (Å²) in [4.78, 5) is 13.0. The van der Waals surface area contributed by atoms with Crippen molar-refractivity contribution in [3.05, 3.63) is 94.6 Å². The zero-order valence-corrected chi connectivity index (χ0v) is 20.4. The smallest absolute Gasteiger partial charge is 0.220 e. The van der Waals surface area contributed by atoms with E-state index in [2.05, 4.69) is 28.2 Å². The van der Waals surface area contributed by atoms with Crippen LogP contribution in [0.5, 0.6) is 11.5 Å². The molecular formula is C28H29ClN2O3. The van der Waals surface area contributed by atoms with Crippen LogP contribution in [-0.4, -0.2) is 31.2 Å². The predicted molar refractivity (Wildman–Crippen MR) is 137 cm³/mol. The first-order valence-electron chi connectivity index (χ1n) is 11.3. The van der Waals surface area contributed by atoms with Gasteiger partial charge in [-0.1, -0.05) is 48.0 Å². The Morgan fingerprint density at radius 2 is 1.79 bits per heavy atom. The van der Waals surface area contributed by atoms with Crippen molar-refractivity contribution >= 4 is 28.4 Å². The Labute approximate surface area is 205 Å². The first kappa shape index (κ1) is 23.7. The molecule has 0 aliphatic rings. The number of nitrogens with zero attached hydrogens (tertiary/aromatic N) is 1. The Balaban J connectivity index is 1.51. The number of ether oxygens (including phenoxy) is 2. The second-order valence-corrected chi connectivity index (χ2v) is 8.75. The molecule has 1 atom stereocenters. The van der Waals surface area contributed by atoms with Gasteiger partial charge in [-0.2, -0.15) is 0 Å². The molecule has 4 rings (SSSR count). The third-order valence-electron chi connectivity index (χ3n) is 6.13. The van der Waals surface area contributed by atoms with Crippen molar-refractivity contribution in [3.8, 4) is 11.5 Å². The van der Waals surface area contributed by atoms with Crippen molar-refractivity contribution in [3.63, 3.8) is 0 Å². The van der Waals surface area contributed by atoms with Crippen LogP contribution in [0.15, 0.2) is 72.9 Å². The SMILES string of the molecule is COc1ccc(CCNC(=O)CC(c2cccc(Cl)c2)c2cn(C)c3ccccc23)cc1OC. The number of fused-ring (bicyclic) bond motifs is 1. The fraction of sp³-hybridized carbons (Fsp3) is 0.250. The number of aryl methyl sites for hydroxylation is 1. The van der Waals surface area contributed by atoms with E-state index in [1.54, 1.807) is 14.2 Å². The Morgan fingerprint density at radius 3 is 2.56 bits per heavy atom. The number of para-hydroxylation sites is 1. The summed E-state index contributed by atoms with van der Waals surface area (Å²) in [5.41, 5.74) is 4.35. The number of aromatic nitrogens is 1. The summed E-state index contributed by atoms with van der Waals surface area (Å²) < 4.78 is 12.8. The number of carbonyl (C=O) groups excluding carboxylic acids is 1. The fourth-order valence-corrected chi connectivity index (χ4v) is 4.62. The molecule has 1 amide bonds. The third-order valence-corrected chi connectivity index (χ3v) is 6.36. The average Bonchev–Trinajstić information content (AvgIpc) is 3.18. The van der Waals surface area contributed by atoms with Gasteiger partial charge in [0, 0.05) is 48.1 Å². The van der Waals surface area contributed by atoms with Gasteiger partial charge in [-0.3, -0.25) is 4.79 Å². The molecule has 0 aliphatic carbocycles. The van der Waals surface area contributed by atoms with E-state index in [-0.39, 0.29) is 11.8 Å². The summed E-state index contributed by atoms with van der Waals surface area (Å²) in [5.74, 6) is 1.27. The number of nitrogens with one attached hydrogen (secondary N) is 1. The van der Waals surface area contributed by atoms with E-state index in [0.717, 1.165) is 27.6 Å². The molecule has 176 valence electrons. The van der Waals surface area contributed by atoms with Crippen LogP contribution in [0.25, 0.3) is 10.9 Å². The summed E-state index contributed by atoms with van der Waals surface area (Å²) in [5, 5.41) is 4.90. The van der Waals surface area contributed by atoms with Crippen molar-refractivity contribution in [2.75, 3.05) is 20.8 Å². The Morgan fingerprint density at radius 1 is 1.00 bits per heavy atom. The quantitative estimate of drug-likeness (QED) is 0.335. The maximum atomic E-state index is 13.0. The van der Waals surface area contributed by atoms with Gasteiger partial charge in [-0.25, -0.2) is 0 Å². The number of benzene rings is 3. The van der Waals surface area contributed by atoms with E-state index in [9.17, 15) is 4.79 Å². The van der Waals surface area contributed by atoms with Crippen molar-refractivity contribution in [2.24, 2.45) is 7.05 Å². The molecule has 0 radical (unpaired) electrons. The van der Waals surface area contributed by atoms with Gasteiger partial charge in [0.15, 0.2) is 11.5 Å². The molecule has 1 unspecified atom stereocenters. The van der Waals surface area contributed by atoms with Gasteiger partial charge < -0.3 is 19.4 Å². The van der Waals surface area contributed by atoms with Crippen LogP contribution >= 0.6 is 11.6 Å². The standard InChI is InChI=1S/C28H29ClN2O3/c1-31-18-24(22-9-4-5-10-25(22)31)23(20-7-6-8-21(29)16-20)17-28(32)30-14-13-19-11-12-26(33-2)27(15-19)34-3/h4-12,15-16,18,23H,13-14,17H2,1-3H3,(H,30,32). The maximum absolute atomic E-state index is 13.0. The number of rotatable bonds is 9. The van der Waals surface area contributed by atoms with Gasteiger partial charge >= 0.3 is 0 Å². The average molecular weight is 477 g/mol. The van der Waals surface area contributed by atoms with E-state index >= 15 is 0 Å². The van der Waals surface area contributed by atoms with Gasteiger partial charge in [-0.05, 0) is 53.4 Å². The van der Waals surface area contributed by atoms with Crippen LogP contribution in [-0.2, 0) is 18.3 Å². The highest BCUT2D eigenvalue weighted by molar-refractivity contribution is 6.30. The molecule has 0 fully saturated rings. The van der Waals surface area contributed by atoms with Crippen molar-refractivity contribution < 1.29 is 14.3 Å². The lowest BCUT2D eigenvalue weighted by atomic mass is 9.88. The number of hydrogen-bond donors (Lipinski definition) is 1. The van der Waals surface area contributed by atoms with E-state index in [1.807, 2.05) is 61.6 Å². The lowest BCUT2D eigenvalue weighted by Crippen LogP contribution is -2.27. The second kappa shape index (κ2) is 10.7. The van der Waals surface area contributed by atoms with Gasteiger partial charge in [-0.15, -0.1) is 0 Å². The molecule has 34 heavy (non-hydrogen) atoms. The zero-order chi connectivity index (χ0) is 24.1. The second-order valence-electron chi connectivity index (χ2n) is 8.31. The van der Waals surface area contributed by atoms with Gasteiger partial charge in [0.1, 0.15) is 0 Å². The first-order chi connectivity index (χ1) is 16.5. The Bertz CT molecular complexity index is 1300. The minimum absolute atomic E-state index is 0.00149. The lowest BCUT2D eigenvalue weighted by Gasteiger charge is -2.18. The molecule has 0 saturated heterocycles. The van der Waals surface area contributed by atoms with Gasteiger partial charge in [0.2, 0.25) is 5.91 Å². The predicted octanol–water partition coefficient (Wildman–Crippen LogP) is 5.73. The van der Waals surface area contributed by atoms with Crippen LogP contribution in [0.1, 0.15) is 29.0 Å². The largest absolute Gasteiger partial charge is 0.493 e. The highest BCUT2D eigenvalue weighted by Gasteiger charge is 2.22. The fourth-order valence-electron chi connectivity index (χ4n) is 4.42. The monoisotopic (exact) mass is 476 g/mol. The van der Waals surface area contributed by atoms with Crippen LogP contribution in [0.2, 0.25) is 5.02 Å². The molecular weight excluding hydrogens is 448 g/mol. The molecule has 0 aliphatic heterocycles. The molecule has 0 spiro atoms. The summed E-state index contributed by atoms with van der Waals surface area (Å²) in [6, 6.07) is 21.8. The van der Waals surface area contributed by atoms with E-state index < -0.39 is 0 Å². The normalized spacial score (nSPS) is 11.9. The zero-order valence-electron chi connectivity index (χ0n) is 19.7. The summed E-state index contributed by atoms with van der Waals surface area (Å²) >= 11 is 6.31. The number of carbonyl (C=O) groups is 1.